The first-order valence-electron chi connectivity index (χ1n) is 9.26. The monoisotopic (exact) mass is 406 g/mol. The van der Waals surface area contributed by atoms with Crippen LogP contribution in [0.4, 0.5) is 11.6 Å². The highest BCUT2D eigenvalue weighted by atomic mass is 32.2. The average Bonchev–Trinajstić information content (AvgIpc) is 3.17. The standard InChI is InChI=1S/C21H22N6OS/c1-12-5-10-17(13(2)11-12)23-20(28)18-14(3)22-21-24-25-26-27(21)19(18)15-6-8-16(29-4)9-7-15/h5-11,19H,1-4H3,(H,23,28)(H,22,24,26)/t19-/m0/s1. The third kappa shape index (κ3) is 3.63. The summed E-state index contributed by atoms with van der Waals surface area (Å²) in [5, 5.41) is 18.2. The number of thioether (sulfide) groups is 1. The number of aryl methyl sites for hydroxylation is 2. The van der Waals surface area contributed by atoms with Crippen LogP contribution in [0.1, 0.15) is 29.7 Å². The van der Waals surface area contributed by atoms with Crippen molar-refractivity contribution < 1.29 is 4.79 Å². The van der Waals surface area contributed by atoms with Gasteiger partial charge in [-0.3, -0.25) is 4.79 Å². The van der Waals surface area contributed by atoms with Crippen LogP contribution in [0.25, 0.3) is 0 Å². The van der Waals surface area contributed by atoms with Crippen LogP contribution in [-0.2, 0) is 4.79 Å². The summed E-state index contributed by atoms with van der Waals surface area (Å²) < 4.78 is 1.65. The minimum absolute atomic E-state index is 0.179. The van der Waals surface area contributed by atoms with E-state index < -0.39 is 6.04 Å². The zero-order valence-electron chi connectivity index (χ0n) is 16.7. The van der Waals surface area contributed by atoms with Crippen molar-refractivity contribution >= 4 is 29.3 Å². The van der Waals surface area contributed by atoms with E-state index in [0.29, 0.717) is 11.5 Å². The van der Waals surface area contributed by atoms with Gasteiger partial charge in [-0.2, -0.15) is 4.68 Å². The topological polar surface area (TPSA) is 84.7 Å². The van der Waals surface area contributed by atoms with Gasteiger partial charge in [0, 0.05) is 16.3 Å². The molecule has 1 atom stereocenters. The normalized spacial score (nSPS) is 15.7. The van der Waals surface area contributed by atoms with E-state index in [4.69, 9.17) is 0 Å². The minimum atomic E-state index is -0.414. The predicted octanol–water partition coefficient (Wildman–Crippen LogP) is 3.94. The molecule has 0 radical (unpaired) electrons. The molecule has 148 valence electrons. The predicted molar refractivity (Wildman–Crippen MR) is 115 cm³/mol. The first-order chi connectivity index (χ1) is 14.0. The number of allylic oxidation sites excluding steroid dienone is 1. The zero-order chi connectivity index (χ0) is 20.5. The molecule has 0 spiro atoms. The number of amides is 1. The highest BCUT2D eigenvalue weighted by Crippen LogP contribution is 2.35. The number of anilines is 2. The summed E-state index contributed by atoms with van der Waals surface area (Å²) in [6, 6.07) is 13.7. The number of hydrogen-bond acceptors (Lipinski definition) is 6. The molecule has 29 heavy (non-hydrogen) atoms. The van der Waals surface area contributed by atoms with E-state index in [1.54, 1.807) is 16.4 Å². The van der Waals surface area contributed by atoms with Gasteiger partial charge < -0.3 is 10.6 Å². The fourth-order valence-electron chi connectivity index (χ4n) is 3.54. The van der Waals surface area contributed by atoms with Crippen LogP contribution in [-0.4, -0.2) is 32.4 Å². The lowest BCUT2D eigenvalue weighted by Crippen LogP contribution is -2.31. The number of benzene rings is 2. The molecule has 8 heteroatoms. The summed E-state index contributed by atoms with van der Waals surface area (Å²) in [6.45, 7) is 5.89. The molecule has 2 N–H and O–H groups in total. The SMILES string of the molecule is CSc1ccc([C@H]2C(C(=O)Nc3ccc(C)cc3C)=C(C)Nc3nnnn32)cc1. The molecule has 4 rings (SSSR count). The molecule has 0 aliphatic carbocycles. The molecule has 1 aliphatic rings. The second kappa shape index (κ2) is 7.71. The Balaban J connectivity index is 1.75. The Labute approximate surface area is 173 Å². The van der Waals surface area contributed by atoms with Crippen molar-refractivity contribution in [3.8, 4) is 0 Å². The van der Waals surface area contributed by atoms with Crippen molar-refractivity contribution in [1.82, 2.24) is 20.2 Å². The largest absolute Gasteiger partial charge is 0.326 e. The smallest absolute Gasteiger partial charge is 0.255 e. The molecule has 2 aromatic carbocycles. The van der Waals surface area contributed by atoms with Gasteiger partial charge in [-0.25, -0.2) is 0 Å². The summed E-state index contributed by atoms with van der Waals surface area (Å²) in [5.74, 6) is 0.339. The van der Waals surface area contributed by atoms with Crippen molar-refractivity contribution in [2.24, 2.45) is 0 Å². The summed E-state index contributed by atoms with van der Waals surface area (Å²) in [5.41, 5.74) is 5.22. The highest BCUT2D eigenvalue weighted by Gasteiger charge is 2.34. The Kier molecular flexibility index (Phi) is 5.10. The van der Waals surface area contributed by atoms with E-state index >= 15 is 0 Å². The van der Waals surface area contributed by atoms with Crippen molar-refractivity contribution in [2.75, 3.05) is 16.9 Å². The number of carbonyl (C=O) groups excluding carboxylic acids is 1. The molecule has 1 amide bonds. The van der Waals surface area contributed by atoms with Crippen LogP contribution < -0.4 is 10.6 Å². The van der Waals surface area contributed by atoms with Gasteiger partial charge in [-0.15, -0.1) is 11.8 Å². The van der Waals surface area contributed by atoms with E-state index in [2.05, 4.69) is 26.2 Å². The van der Waals surface area contributed by atoms with Crippen molar-refractivity contribution in [3.63, 3.8) is 0 Å². The van der Waals surface area contributed by atoms with E-state index in [-0.39, 0.29) is 5.91 Å². The maximum atomic E-state index is 13.4. The summed E-state index contributed by atoms with van der Waals surface area (Å²) in [6.07, 6.45) is 2.03. The van der Waals surface area contributed by atoms with Crippen molar-refractivity contribution in [1.29, 1.82) is 0 Å². The molecule has 0 bridgehead atoms. The van der Waals surface area contributed by atoms with Gasteiger partial charge in [0.05, 0.1) is 5.57 Å². The van der Waals surface area contributed by atoms with Crippen molar-refractivity contribution in [3.05, 3.63) is 70.4 Å². The first kappa shape index (κ1) is 19.2. The summed E-state index contributed by atoms with van der Waals surface area (Å²) in [7, 11) is 0. The van der Waals surface area contributed by atoms with Gasteiger partial charge in [0.25, 0.3) is 5.91 Å². The molecule has 3 aromatic rings. The molecule has 0 saturated carbocycles. The zero-order valence-corrected chi connectivity index (χ0v) is 17.5. The van der Waals surface area contributed by atoms with Crippen LogP contribution in [0.2, 0.25) is 0 Å². The Bertz CT molecular complexity index is 1100. The number of nitrogens with zero attached hydrogens (tertiary/aromatic N) is 4. The molecule has 0 saturated heterocycles. The molecule has 0 fully saturated rings. The Morgan fingerprint density at radius 3 is 2.59 bits per heavy atom. The van der Waals surface area contributed by atoms with Gasteiger partial charge in [0.1, 0.15) is 6.04 Å². The average molecular weight is 407 g/mol. The number of rotatable bonds is 4. The molecule has 2 heterocycles. The molecule has 7 nitrogen and oxygen atoms in total. The fraction of sp³-hybridized carbons (Fsp3) is 0.238. The van der Waals surface area contributed by atoms with Crippen LogP contribution in [0, 0.1) is 13.8 Å². The van der Waals surface area contributed by atoms with Gasteiger partial charge in [0.2, 0.25) is 5.95 Å². The molecular weight excluding hydrogens is 384 g/mol. The number of aromatic nitrogens is 4. The number of hydrogen-bond donors (Lipinski definition) is 2. The van der Waals surface area contributed by atoms with Crippen LogP contribution in [0.5, 0.6) is 0 Å². The second-order valence-electron chi connectivity index (χ2n) is 7.06. The van der Waals surface area contributed by atoms with Crippen molar-refractivity contribution in [2.45, 2.75) is 31.7 Å². The molecule has 1 aromatic heterocycles. The van der Waals surface area contributed by atoms with Gasteiger partial charge >= 0.3 is 0 Å². The number of carbonyl (C=O) groups is 1. The lowest BCUT2D eigenvalue weighted by molar-refractivity contribution is -0.113. The quantitative estimate of drug-likeness (QED) is 0.639. The molecule has 0 unspecified atom stereocenters. The third-order valence-corrected chi connectivity index (χ3v) is 5.76. The Morgan fingerprint density at radius 2 is 1.90 bits per heavy atom. The highest BCUT2D eigenvalue weighted by molar-refractivity contribution is 7.98. The maximum absolute atomic E-state index is 13.4. The minimum Gasteiger partial charge on any atom is -0.326 e. The summed E-state index contributed by atoms with van der Waals surface area (Å²) >= 11 is 1.67. The lowest BCUT2D eigenvalue weighted by atomic mass is 9.95. The molecular formula is C21H22N6OS. The van der Waals surface area contributed by atoms with Gasteiger partial charge in [-0.05, 0) is 66.8 Å². The molecule has 1 aliphatic heterocycles. The van der Waals surface area contributed by atoms with Gasteiger partial charge in [-0.1, -0.05) is 34.9 Å². The van der Waals surface area contributed by atoms with Crippen LogP contribution in [0.15, 0.2) is 58.6 Å². The van der Waals surface area contributed by atoms with Crippen LogP contribution >= 0.6 is 11.8 Å². The number of nitrogens with one attached hydrogen (secondary N) is 2. The second-order valence-corrected chi connectivity index (χ2v) is 7.94. The Morgan fingerprint density at radius 1 is 1.14 bits per heavy atom. The maximum Gasteiger partial charge on any atom is 0.255 e. The van der Waals surface area contributed by atoms with E-state index in [1.807, 2.05) is 69.5 Å². The van der Waals surface area contributed by atoms with E-state index in [9.17, 15) is 4.79 Å². The first-order valence-corrected chi connectivity index (χ1v) is 10.5. The van der Waals surface area contributed by atoms with Gasteiger partial charge in [0.15, 0.2) is 0 Å². The van der Waals surface area contributed by atoms with E-state index in [1.165, 1.54) is 0 Å². The number of tetrazole rings is 1. The lowest BCUT2D eigenvalue weighted by Gasteiger charge is -2.28. The fourth-order valence-corrected chi connectivity index (χ4v) is 3.95. The van der Waals surface area contributed by atoms with E-state index in [0.717, 1.165) is 33.0 Å². The van der Waals surface area contributed by atoms with Crippen LogP contribution in [0.3, 0.4) is 0 Å². The third-order valence-electron chi connectivity index (χ3n) is 5.02. The summed E-state index contributed by atoms with van der Waals surface area (Å²) in [4.78, 5) is 14.5. The Hall–Kier alpha value is -3.13. The number of fused-ring (bicyclic) bond motifs is 1.